The molecule has 0 spiro atoms. The number of hydrogen-bond donors (Lipinski definition) is 0. The average Bonchev–Trinajstić information content (AvgIpc) is 3.04. The third-order valence-corrected chi connectivity index (χ3v) is 8.25. The summed E-state index contributed by atoms with van der Waals surface area (Å²) in [7, 11) is -3.57. The predicted molar refractivity (Wildman–Crippen MR) is 103 cm³/mol. The van der Waals surface area contributed by atoms with Gasteiger partial charge in [0.05, 0.1) is 14.9 Å². The van der Waals surface area contributed by atoms with E-state index in [4.69, 9.17) is 23.2 Å². The van der Waals surface area contributed by atoms with Gasteiger partial charge in [-0.3, -0.25) is 4.79 Å². The third-order valence-electron chi connectivity index (χ3n) is 3.83. The van der Waals surface area contributed by atoms with Crippen molar-refractivity contribution in [1.29, 1.82) is 0 Å². The summed E-state index contributed by atoms with van der Waals surface area (Å²) in [5, 5.41) is 0.372. The van der Waals surface area contributed by atoms with Crippen molar-refractivity contribution in [3.8, 4) is 0 Å². The smallest absolute Gasteiger partial charge is 0.255 e. The van der Waals surface area contributed by atoms with Gasteiger partial charge in [0, 0.05) is 30.7 Å². The van der Waals surface area contributed by atoms with E-state index in [1.807, 2.05) is 0 Å². The number of carbonyl (C=O) groups is 1. The van der Waals surface area contributed by atoms with Gasteiger partial charge in [-0.05, 0) is 30.3 Å². The maximum atomic E-state index is 12.6. The standard InChI is InChI=1S/C15H13BrCl2N2O3S2/c16-10-1-2-12(17)11(9-10)15(21)19-5-7-20(8-6-19)25(22,23)14-4-3-13(18)24-14/h1-4,9H,5-8H2. The van der Waals surface area contributed by atoms with Crippen LogP contribution in [0.5, 0.6) is 0 Å². The van der Waals surface area contributed by atoms with Crippen LogP contribution >= 0.6 is 50.5 Å². The van der Waals surface area contributed by atoms with Crippen LogP contribution in [0, 0.1) is 0 Å². The van der Waals surface area contributed by atoms with Gasteiger partial charge in [0.2, 0.25) is 0 Å². The minimum atomic E-state index is -3.57. The fraction of sp³-hybridized carbons (Fsp3) is 0.267. The normalized spacial score (nSPS) is 16.2. The van der Waals surface area contributed by atoms with Crippen LogP contribution in [0.3, 0.4) is 0 Å². The third kappa shape index (κ3) is 4.04. The summed E-state index contributed by atoms with van der Waals surface area (Å²) in [6.07, 6.45) is 0. The molecule has 134 valence electrons. The lowest BCUT2D eigenvalue weighted by atomic mass is 10.2. The van der Waals surface area contributed by atoms with Gasteiger partial charge in [0.1, 0.15) is 4.21 Å². The highest BCUT2D eigenvalue weighted by Crippen LogP contribution is 2.29. The lowest BCUT2D eigenvalue weighted by Gasteiger charge is -2.33. The van der Waals surface area contributed by atoms with E-state index in [1.54, 1.807) is 29.2 Å². The minimum Gasteiger partial charge on any atom is -0.336 e. The first kappa shape index (κ1) is 19.1. The molecule has 1 fully saturated rings. The first-order valence-electron chi connectivity index (χ1n) is 7.29. The summed E-state index contributed by atoms with van der Waals surface area (Å²) in [4.78, 5) is 14.3. The lowest BCUT2D eigenvalue weighted by Crippen LogP contribution is -2.50. The van der Waals surface area contributed by atoms with Crippen molar-refractivity contribution in [2.45, 2.75) is 4.21 Å². The molecule has 3 rings (SSSR count). The van der Waals surface area contributed by atoms with Crippen LogP contribution in [0.25, 0.3) is 0 Å². The molecule has 0 N–H and O–H groups in total. The van der Waals surface area contributed by atoms with E-state index in [-0.39, 0.29) is 23.2 Å². The van der Waals surface area contributed by atoms with Crippen LogP contribution in [-0.4, -0.2) is 49.7 Å². The van der Waals surface area contributed by atoms with E-state index >= 15 is 0 Å². The fourth-order valence-electron chi connectivity index (χ4n) is 2.53. The molecular formula is C15H13BrCl2N2O3S2. The largest absolute Gasteiger partial charge is 0.336 e. The van der Waals surface area contributed by atoms with Gasteiger partial charge in [0.25, 0.3) is 15.9 Å². The van der Waals surface area contributed by atoms with Gasteiger partial charge < -0.3 is 4.90 Å². The van der Waals surface area contributed by atoms with E-state index in [0.29, 0.717) is 28.0 Å². The van der Waals surface area contributed by atoms with E-state index in [9.17, 15) is 13.2 Å². The average molecular weight is 484 g/mol. The summed E-state index contributed by atoms with van der Waals surface area (Å²) in [6.45, 7) is 1.07. The Hall–Kier alpha value is -0.640. The molecule has 0 saturated carbocycles. The molecule has 10 heteroatoms. The molecule has 2 heterocycles. The number of sulfonamides is 1. The zero-order chi connectivity index (χ0) is 18.2. The number of hydrogen-bond acceptors (Lipinski definition) is 4. The second-order valence-electron chi connectivity index (χ2n) is 5.38. The van der Waals surface area contributed by atoms with Crippen molar-refractivity contribution in [1.82, 2.24) is 9.21 Å². The highest BCUT2D eigenvalue weighted by Gasteiger charge is 2.31. The molecule has 0 aliphatic carbocycles. The van der Waals surface area contributed by atoms with Gasteiger partial charge >= 0.3 is 0 Å². The Morgan fingerprint density at radius 3 is 2.36 bits per heavy atom. The first-order valence-corrected chi connectivity index (χ1v) is 11.1. The Labute approximate surface area is 168 Å². The number of piperazine rings is 1. The molecule has 2 aromatic rings. The maximum Gasteiger partial charge on any atom is 0.255 e. The molecule has 0 radical (unpaired) electrons. The number of halogens is 3. The van der Waals surface area contributed by atoms with Crippen molar-refractivity contribution in [2.75, 3.05) is 26.2 Å². The molecule has 0 unspecified atom stereocenters. The van der Waals surface area contributed by atoms with Crippen LogP contribution in [-0.2, 0) is 10.0 Å². The minimum absolute atomic E-state index is 0.206. The zero-order valence-corrected chi connectivity index (χ0v) is 17.5. The molecule has 0 bridgehead atoms. The Bertz CT molecular complexity index is 909. The first-order chi connectivity index (χ1) is 11.8. The summed E-state index contributed by atoms with van der Waals surface area (Å²) in [5.41, 5.74) is 0.400. The van der Waals surface area contributed by atoms with Crippen molar-refractivity contribution in [2.24, 2.45) is 0 Å². The van der Waals surface area contributed by atoms with E-state index < -0.39 is 10.0 Å². The Morgan fingerprint density at radius 2 is 1.76 bits per heavy atom. The zero-order valence-electron chi connectivity index (χ0n) is 12.8. The number of benzene rings is 1. The Kier molecular flexibility index (Phi) is 5.77. The molecular weight excluding hydrogens is 471 g/mol. The lowest BCUT2D eigenvalue weighted by molar-refractivity contribution is 0.0698. The van der Waals surface area contributed by atoms with E-state index in [0.717, 1.165) is 15.8 Å². The van der Waals surface area contributed by atoms with Crippen molar-refractivity contribution in [3.05, 3.63) is 49.7 Å². The number of nitrogens with zero attached hydrogens (tertiary/aromatic N) is 2. The van der Waals surface area contributed by atoms with Crippen LogP contribution in [0.1, 0.15) is 10.4 Å². The Balaban J connectivity index is 1.71. The Morgan fingerprint density at radius 1 is 1.08 bits per heavy atom. The van der Waals surface area contributed by atoms with Crippen molar-refractivity contribution in [3.63, 3.8) is 0 Å². The second kappa shape index (κ2) is 7.54. The number of carbonyl (C=O) groups excluding carboxylic acids is 1. The maximum absolute atomic E-state index is 12.6. The molecule has 0 atom stereocenters. The van der Waals surface area contributed by atoms with Gasteiger partial charge in [-0.25, -0.2) is 8.42 Å². The van der Waals surface area contributed by atoms with Gasteiger partial charge in [-0.2, -0.15) is 4.31 Å². The SMILES string of the molecule is O=C(c1cc(Br)ccc1Cl)N1CCN(S(=O)(=O)c2ccc(Cl)s2)CC1. The quantitative estimate of drug-likeness (QED) is 0.663. The summed E-state index contributed by atoms with van der Waals surface area (Å²) < 4.78 is 28.0. The molecule has 25 heavy (non-hydrogen) atoms. The fourth-order valence-corrected chi connectivity index (χ4v) is 6.15. The molecule has 5 nitrogen and oxygen atoms in total. The molecule has 1 aliphatic heterocycles. The molecule has 1 saturated heterocycles. The highest BCUT2D eigenvalue weighted by atomic mass is 79.9. The number of rotatable bonds is 3. The van der Waals surface area contributed by atoms with E-state index in [1.165, 1.54) is 10.4 Å². The topological polar surface area (TPSA) is 57.7 Å². The van der Waals surface area contributed by atoms with E-state index in [2.05, 4.69) is 15.9 Å². The molecule has 1 aromatic carbocycles. The van der Waals surface area contributed by atoms with Crippen LogP contribution < -0.4 is 0 Å². The molecule has 1 amide bonds. The second-order valence-corrected chi connectivity index (χ2v) is 10.6. The predicted octanol–water partition coefficient (Wildman–Crippen LogP) is 3.96. The van der Waals surface area contributed by atoms with Gasteiger partial charge in [-0.15, -0.1) is 11.3 Å². The van der Waals surface area contributed by atoms with Crippen LogP contribution in [0.15, 0.2) is 39.0 Å². The molecule has 1 aliphatic rings. The van der Waals surface area contributed by atoms with Gasteiger partial charge in [0.15, 0.2) is 0 Å². The number of amides is 1. The van der Waals surface area contributed by atoms with Crippen molar-refractivity contribution >= 4 is 66.4 Å². The van der Waals surface area contributed by atoms with Gasteiger partial charge in [-0.1, -0.05) is 39.1 Å². The number of thiophene rings is 1. The summed E-state index contributed by atoms with van der Waals surface area (Å²) in [5.74, 6) is -0.206. The summed E-state index contributed by atoms with van der Waals surface area (Å²) >= 11 is 16.3. The highest BCUT2D eigenvalue weighted by molar-refractivity contribution is 9.10. The van der Waals surface area contributed by atoms with Crippen LogP contribution in [0.4, 0.5) is 0 Å². The molecule has 1 aromatic heterocycles. The monoisotopic (exact) mass is 482 g/mol. The van der Waals surface area contributed by atoms with Crippen molar-refractivity contribution < 1.29 is 13.2 Å². The summed E-state index contributed by atoms with van der Waals surface area (Å²) in [6, 6.07) is 8.15. The van der Waals surface area contributed by atoms with Crippen LogP contribution in [0.2, 0.25) is 9.36 Å².